The smallest absolute Gasteiger partial charge is 0.224 e. The van der Waals surface area contributed by atoms with Gasteiger partial charge in [0.25, 0.3) is 0 Å². The fraction of sp³-hybridized carbons (Fsp3) is 0.733. The Bertz CT molecular complexity index is 438. The summed E-state index contributed by atoms with van der Waals surface area (Å²) < 4.78 is 0. The van der Waals surface area contributed by atoms with Crippen LogP contribution < -0.4 is 10.6 Å². The van der Waals surface area contributed by atoms with Gasteiger partial charge in [0.2, 0.25) is 5.95 Å². The summed E-state index contributed by atoms with van der Waals surface area (Å²) in [5, 5.41) is 6.69. The minimum absolute atomic E-state index is 0.275. The van der Waals surface area contributed by atoms with Crippen molar-refractivity contribution in [1.29, 1.82) is 0 Å². The van der Waals surface area contributed by atoms with Gasteiger partial charge < -0.3 is 15.5 Å². The van der Waals surface area contributed by atoms with Crippen LogP contribution >= 0.6 is 0 Å². The highest BCUT2D eigenvalue weighted by Gasteiger charge is 2.35. The molecule has 1 aromatic heterocycles. The van der Waals surface area contributed by atoms with Gasteiger partial charge in [-0.15, -0.1) is 0 Å². The Kier molecular flexibility index (Phi) is 4.81. The van der Waals surface area contributed by atoms with Gasteiger partial charge in [-0.05, 0) is 40.8 Å². The molecule has 0 unspecified atom stereocenters. The SMILES string of the molecule is CCNc1nc(C)cc(NCC2(N(C)C)CCCC2)n1. The summed E-state index contributed by atoms with van der Waals surface area (Å²) in [5.74, 6) is 1.63. The number of anilines is 2. The van der Waals surface area contributed by atoms with E-state index in [4.69, 9.17) is 0 Å². The van der Waals surface area contributed by atoms with Gasteiger partial charge in [0.05, 0.1) is 0 Å². The number of nitrogens with one attached hydrogen (secondary N) is 2. The number of hydrogen-bond donors (Lipinski definition) is 2. The molecule has 1 fully saturated rings. The minimum atomic E-state index is 0.275. The molecule has 1 aromatic rings. The average Bonchev–Trinajstić information content (AvgIpc) is 2.86. The molecule has 1 heterocycles. The first-order valence-electron chi connectivity index (χ1n) is 7.56. The van der Waals surface area contributed by atoms with Crippen LogP contribution in [-0.2, 0) is 0 Å². The fourth-order valence-corrected chi connectivity index (χ4v) is 2.97. The zero-order valence-corrected chi connectivity index (χ0v) is 13.2. The van der Waals surface area contributed by atoms with Crippen molar-refractivity contribution in [3.8, 4) is 0 Å². The van der Waals surface area contributed by atoms with E-state index in [0.29, 0.717) is 5.95 Å². The van der Waals surface area contributed by atoms with Crippen molar-refractivity contribution in [1.82, 2.24) is 14.9 Å². The molecule has 0 bridgehead atoms. The Morgan fingerprint density at radius 3 is 2.50 bits per heavy atom. The molecule has 2 N–H and O–H groups in total. The highest BCUT2D eigenvalue weighted by molar-refractivity contribution is 5.42. The predicted octanol–water partition coefficient (Wildman–Crippen LogP) is 2.50. The van der Waals surface area contributed by atoms with Gasteiger partial charge in [-0.1, -0.05) is 12.8 Å². The van der Waals surface area contributed by atoms with Gasteiger partial charge in [-0.25, -0.2) is 4.98 Å². The number of nitrogens with zero attached hydrogens (tertiary/aromatic N) is 3. The van der Waals surface area contributed by atoms with Crippen molar-refractivity contribution in [2.45, 2.75) is 45.1 Å². The Morgan fingerprint density at radius 1 is 1.20 bits per heavy atom. The molecule has 2 rings (SSSR count). The number of aryl methyl sites for hydroxylation is 1. The van der Waals surface area contributed by atoms with Crippen LogP contribution in [0.3, 0.4) is 0 Å². The summed E-state index contributed by atoms with van der Waals surface area (Å²) in [6.07, 6.45) is 5.17. The third-order valence-electron chi connectivity index (χ3n) is 4.27. The van der Waals surface area contributed by atoms with Crippen molar-refractivity contribution in [3.63, 3.8) is 0 Å². The van der Waals surface area contributed by atoms with Gasteiger partial charge >= 0.3 is 0 Å². The molecule has 1 aliphatic carbocycles. The van der Waals surface area contributed by atoms with Gasteiger partial charge in [-0.2, -0.15) is 4.98 Å². The summed E-state index contributed by atoms with van der Waals surface area (Å²) >= 11 is 0. The zero-order valence-electron chi connectivity index (χ0n) is 13.2. The number of hydrogen-bond acceptors (Lipinski definition) is 5. The number of likely N-dealkylation sites (N-methyl/N-ethyl adjacent to an activating group) is 1. The normalized spacial score (nSPS) is 17.4. The summed E-state index contributed by atoms with van der Waals surface area (Å²) in [4.78, 5) is 11.3. The van der Waals surface area contributed by atoms with Crippen LogP contribution in [0, 0.1) is 6.92 Å². The van der Waals surface area contributed by atoms with E-state index in [2.05, 4.69) is 46.5 Å². The Morgan fingerprint density at radius 2 is 1.90 bits per heavy atom. The number of aromatic nitrogens is 2. The van der Waals surface area contributed by atoms with Crippen LogP contribution in [0.25, 0.3) is 0 Å². The molecular formula is C15H27N5. The third-order valence-corrected chi connectivity index (χ3v) is 4.27. The highest BCUT2D eigenvalue weighted by atomic mass is 15.2. The van der Waals surface area contributed by atoms with Crippen molar-refractivity contribution >= 4 is 11.8 Å². The van der Waals surface area contributed by atoms with E-state index in [1.807, 2.05) is 13.0 Å². The fourth-order valence-electron chi connectivity index (χ4n) is 2.97. The topological polar surface area (TPSA) is 53.1 Å². The second-order valence-electron chi connectivity index (χ2n) is 5.93. The second kappa shape index (κ2) is 6.39. The predicted molar refractivity (Wildman–Crippen MR) is 84.3 cm³/mol. The molecule has 5 nitrogen and oxygen atoms in total. The molecule has 0 amide bonds. The quantitative estimate of drug-likeness (QED) is 0.837. The Balaban J connectivity index is 2.06. The largest absolute Gasteiger partial charge is 0.368 e. The molecule has 0 atom stereocenters. The molecule has 20 heavy (non-hydrogen) atoms. The van der Waals surface area contributed by atoms with Gasteiger partial charge in [0, 0.05) is 30.4 Å². The van der Waals surface area contributed by atoms with Crippen LogP contribution in [0.15, 0.2) is 6.07 Å². The summed E-state index contributed by atoms with van der Waals surface area (Å²) in [6.45, 7) is 5.84. The summed E-state index contributed by atoms with van der Waals surface area (Å²) in [6, 6.07) is 2.01. The maximum atomic E-state index is 4.52. The van der Waals surface area contributed by atoms with Crippen LogP contribution in [0.4, 0.5) is 11.8 Å². The van der Waals surface area contributed by atoms with E-state index in [-0.39, 0.29) is 5.54 Å². The molecule has 0 radical (unpaired) electrons. The van der Waals surface area contributed by atoms with Gasteiger partial charge in [0.15, 0.2) is 0 Å². The average molecular weight is 277 g/mol. The molecule has 1 aliphatic rings. The van der Waals surface area contributed by atoms with E-state index in [9.17, 15) is 0 Å². The molecule has 0 saturated heterocycles. The lowest BCUT2D eigenvalue weighted by Gasteiger charge is -2.36. The first kappa shape index (κ1) is 15.0. The molecule has 112 valence electrons. The van der Waals surface area contributed by atoms with Crippen molar-refractivity contribution in [2.24, 2.45) is 0 Å². The maximum Gasteiger partial charge on any atom is 0.224 e. The van der Waals surface area contributed by atoms with Crippen molar-refractivity contribution in [2.75, 3.05) is 37.8 Å². The third kappa shape index (κ3) is 3.39. The van der Waals surface area contributed by atoms with E-state index in [1.165, 1.54) is 25.7 Å². The van der Waals surface area contributed by atoms with Crippen LogP contribution in [0.5, 0.6) is 0 Å². The lowest BCUT2D eigenvalue weighted by molar-refractivity contribution is 0.172. The van der Waals surface area contributed by atoms with E-state index >= 15 is 0 Å². The first-order valence-corrected chi connectivity index (χ1v) is 7.56. The lowest BCUT2D eigenvalue weighted by atomic mass is 9.96. The zero-order chi connectivity index (χ0) is 14.6. The molecular weight excluding hydrogens is 250 g/mol. The second-order valence-corrected chi connectivity index (χ2v) is 5.93. The Hall–Kier alpha value is -1.36. The van der Waals surface area contributed by atoms with Crippen LogP contribution in [-0.4, -0.2) is 47.6 Å². The van der Waals surface area contributed by atoms with E-state index in [1.54, 1.807) is 0 Å². The van der Waals surface area contributed by atoms with Crippen molar-refractivity contribution < 1.29 is 0 Å². The monoisotopic (exact) mass is 277 g/mol. The molecule has 0 aliphatic heterocycles. The molecule has 5 heteroatoms. The van der Waals surface area contributed by atoms with Crippen LogP contribution in [0.1, 0.15) is 38.3 Å². The lowest BCUT2D eigenvalue weighted by Crippen LogP contribution is -2.47. The minimum Gasteiger partial charge on any atom is -0.368 e. The highest BCUT2D eigenvalue weighted by Crippen LogP contribution is 2.33. The number of rotatable bonds is 6. The molecule has 0 spiro atoms. The maximum absolute atomic E-state index is 4.52. The van der Waals surface area contributed by atoms with Crippen molar-refractivity contribution in [3.05, 3.63) is 11.8 Å². The summed E-state index contributed by atoms with van der Waals surface area (Å²) in [7, 11) is 4.37. The van der Waals surface area contributed by atoms with Crippen LogP contribution in [0.2, 0.25) is 0 Å². The standard InChI is InChI=1S/C15H27N5/c1-5-16-14-18-12(2)10-13(19-14)17-11-15(20(3)4)8-6-7-9-15/h10H,5-9,11H2,1-4H3,(H2,16,17,18,19). The first-order chi connectivity index (χ1) is 9.55. The van der Waals surface area contributed by atoms with Gasteiger partial charge in [0.1, 0.15) is 5.82 Å². The van der Waals surface area contributed by atoms with E-state index < -0.39 is 0 Å². The van der Waals surface area contributed by atoms with Gasteiger partial charge in [-0.3, -0.25) is 0 Å². The van der Waals surface area contributed by atoms with E-state index in [0.717, 1.165) is 24.6 Å². The Labute approximate surface area is 122 Å². The molecule has 0 aromatic carbocycles. The summed E-state index contributed by atoms with van der Waals surface area (Å²) in [5.41, 5.74) is 1.26. The molecule has 1 saturated carbocycles.